The quantitative estimate of drug-likeness (QED) is 0.815. The Bertz CT molecular complexity index is 525. The number of nitrogens with zero attached hydrogens (tertiary/aromatic N) is 1. The third-order valence-electron chi connectivity index (χ3n) is 3.29. The predicted molar refractivity (Wildman–Crippen MR) is 70.0 cm³/mol. The van der Waals surface area contributed by atoms with Gasteiger partial charge in [-0.1, -0.05) is 0 Å². The van der Waals surface area contributed by atoms with Gasteiger partial charge in [0.1, 0.15) is 0 Å². The SMILES string of the molecule is CC1CCCN1c1ccc(S(C)(=O)=O)cc1N. The Kier molecular flexibility index (Phi) is 3.03. The Morgan fingerprint density at radius 3 is 2.59 bits per heavy atom. The van der Waals surface area contributed by atoms with Gasteiger partial charge in [0.05, 0.1) is 16.3 Å². The summed E-state index contributed by atoms with van der Waals surface area (Å²) in [6.45, 7) is 3.15. The third kappa shape index (κ3) is 2.39. The molecule has 1 unspecified atom stereocenters. The van der Waals surface area contributed by atoms with E-state index >= 15 is 0 Å². The zero-order valence-electron chi connectivity index (χ0n) is 10.2. The molecule has 0 amide bonds. The topological polar surface area (TPSA) is 63.4 Å². The highest BCUT2D eigenvalue weighted by molar-refractivity contribution is 7.90. The molecule has 1 heterocycles. The zero-order valence-corrected chi connectivity index (χ0v) is 11.0. The van der Waals surface area contributed by atoms with Crippen molar-refractivity contribution in [3.8, 4) is 0 Å². The van der Waals surface area contributed by atoms with Crippen molar-refractivity contribution in [1.29, 1.82) is 0 Å². The van der Waals surface area contributed by atoms with Crippen molar-refractivity contribution in [1.82, 2.24) is 0 Å². The Morgan fingerprint density at radius 1 is 1.41 bits per heavy atom. The first-order valence-electron chi connectivity index (χ1n) is 5.76. The van der Waals surface area contributed by atoms with Gasteiger partial charge in [-0.25, -0.2) is 8.42 Å². The van der Waals surface area contributed by atoms with Crippen LogP contribution in [0.3, 0.4) is 0 Å². The van der Waals surface area contributed by atoms with Crippen molar-refractivity contribution < 1.29 is 8.42 Å². The molecule has 0 aromatic heterocycles. The van der Waals surface area contributed by atoms with Gasteiger partial charge in [0, 0.05) is 18.8 Å². The molecule has 2 N–H and O–H groups in total. The maximum absolute atomic E-state index is 11.4. The number of benzene rings is 1. The number of hydrogen-bond acceptors (Lipinski definition) is 4. The van der Waals surface area contributed by atoms with Crippen LogP contribution < -0.4 is 10.6 Å². The maximum atomic E-state index is 11.4. The summed E-state index contributed by atoms with van der Waals surface area (Å²) in [6.07, 6.45) is 3.52. The van der Waals surface area contributed by atoms with E-state index < -0.39 is 9.84 Å². The molecule has 4 nitrogen and oxygen atoms in total. The Hall–Kier alpha value is -1.23. The largest absolute Gasteiger partial charge is 0.397 e. The molecule has 1 aromatic rings. The highest BCUT2D eigenvalue weighted by atomic mass is 32.2. The summed E-state index contributed by atoms with van der Waals surface area (Å²) in [5, 5.41) is 0. The Labute approximate surface area is 102 Å². The van der Waals surface area contributed by atoms with E-state index in [2.05, 4.69) is 11.8 Å². The van der Waals surface area contributed by atoms with E-state index in [1.165, 1.54) is 6.26 Å². The van der Waals surface area contributed by atoms with Crippen LogP contribution in [0.4, 0.5) is 11.4 Å². The fourth-order valence-corrected chi connectivity index (χ4v) is 2.97. The van der Waals surface area contributed by atoms with E-state index in [-0.39, 0.29) is 4.90 Å². The van der Waals surface area contributed by atoms with Crippen LogP contribution in [-0.4, -0.2) is 27.3 Å². The van der Waals surface area contributed by atoms with Gasteiger partial charge >= 0.3 is 0 Å². The second kappa shape index (κ2) is 4.22. The van der Waals surface area contributed by atoms with Crippen molar-refractivity contribution >= 4 is 21.2 Å². The van der Waals surface area contributed by atoms with Gasteiger partial charge in [-0.15, -0.1) is 0 Å². The van der Waals surface area contributed by atoms with Crippen LogP contribution in [0, 0.1) is 0 Å². The summed E-state index contributed by atoms with van der Waals surface area (Å²) < 4.78 is 22.8. The first-order valence-corrected chi connectivity index (χ1v) is 7.65. The van der Waals surface area contributed by atoms with E-state index in [0.29, 0.717) is 11.7 Å². The number of anilines is 2. The minimum Gasteiger partial charge on any atom is -0.397 e. The average Bonchev–Trinajstić information content (AvgIpc) is 2.63. The minimum atomic E-state index is -3.18. The summed E-state index contributed by atoms with van der Waals surface area (Å²) in [5.41, 5.74) is 7.44. The summed E-state index contributed by atoms with van der Waals surface area (Å²) in [5.74, 6) is 0. The maximum Gasteiger partial charge on any atom is 0.175 e. The second-order valence-corrected chi connectivity index (χ2v) is 6.69. The molecule has 94 valence electrons. The lowest BCUT2D eigenvalue weighted by atomic mass is 10.2. The fraction of sp³-hybridized carbons (Fsp3) is 0.500. The van der Waals surface area contributed by atoms with Crippen LogP contribution in [0.15, 0.2) is 23.1 Å². The number of rotatable bonds is 2. The molecule has 1 aromatic carbocycles. The smallest absolute Gasteiger partial charge is 0.175 e. The highest BCUT2D eigenvalue weighted by Crippen LogP contribution is 2.31. The molecule has 5 heteroatoms. The molecule has 1 saturated heterocycles. The van der Waals surface area contributed by atoms with Crippen LogP contribution in [-0.2, 0) is 9.84 Å². The Morgan fingerprint density at radius 2 is 2.12 bits per heavy atom. The molecule has 0 spiro atoms. The highest BCUT2D eigenvalue weighted by Gasteiger charge is 2.22. The number of sulfone groups is 1. The monoisotopic (exact) mass is 254 g/mol. The second-order valence-electron chi connectivity index (χ2n) is 4.68. The first-order chi connectivity index (χ1) is 7.89. The third-order valence-corrected chi connectivity index (χ3v) is 4.40. The number of nitrogens with two attached hydrogens (primary N) is 1. The lowest BCUT2D eigenvalue weighted by Crippen LogP contribution is -2.27. The van der Waals surface area contributed by atoms with Crippen molar-refractivity contribution in [3.63, 3.8) is 0 Å². The van der Waals surface area contributed by atoms with E-state index in [9.17, 15) is 8.42 Å². The molecule has 0 aliphatic carbocycles. The van der Waals surface area contributed by atoms with Crippen LogP contribution >= 0.6 is 0 Å². The predicted octanol–water partition coefficient (Wildman–Crippen LogP) is 1.66. The molecule has 0 saturated carbocycles. The van der Waals surface area contributed by atoms with Crippen molar-refractivity contribution in [2.45, 2.75) is 30.7 Å². The van der Waals surface area contributed by atoms with Crippen LogP contribution in [0.5, 0.6) is 0 Å². The molecule has 0 bridgehead atoms. The van der Waals surface area contributed by atoms with Gasteiger partial charge in [-0.05, 0) is 38.0 Å². The van der Waals surface area contributed by atoms with E-state index in [1.807, 2.05) is 6.07 Å². The summed E-state index contributed by atoms with van der Waals surface area (Å²) >= 11 is 0. The van der Waals surface area contributed by atoms with Crippen molar-refractivity contribution in [2.24, 2.45) is 0 Å². The lowest BCUT2D eigenvalue weighted by Gasteiger charge is -2.25. The first kappa shape index (κ1) is 12.2. The molecule has 0 radical (unpaired) electrons. The van der Waals surface area contributed by atoms with Crippen LogP contribution in [0.2, 0.25) is 0 Å². The molecule has 1 fully saturated rings. The summed E-state index contributed by atoms with van der Waals surface area (Å²) in [4.78, 5) is 2.52. The molecule has 1 aliphatic heterocycles. The standard InChI is InChI=1S/C12H18N2O2S/c1-9-4-3-7-14(9)12-6-5-10(8-11(12)13)17(2,15)16/h5-6,8-9H,3-4,7,13H2,1-2H3. The normalized spacial score (nSPS) is 20.8. The fourth-order valence-electron chi connectivity index (χ4n) is 2.32. The molecule has 1 aliphatic rings. The van der Waals surface area contributed by atoms with Gasteiger partial charge in [-0.2, -0.15) is 0 Å². The summed E-state index contributed by atoms with van der Waals surface area (Å²) in [6, 6.07) is 5.47. The Balaban J connectivity index is 2.38. The molecule has 1 atom stereocenters. The van der Waals surface area contributed by atoms with Gasteiger partial charge in [0.25, 0.3) is 0 Å². The zero-order chi connectivity index (χ0) is 12.6. The van der Waals surface area contributed by atoms with Gasteiger partial charge in [-0.3, -0.25) is 0 Å². The van der Waals surface area contributed by atoms with Gasteiger partial charge in [0.2, 0.25) is 0 Å². The molecular formula is C12H18N2O2S. The van der Waals surface area contributed by atoms with Crippen molar-refractivity contribution in [2.75, 3.05) is 23.4 Å². The van der Waals surface area contributed by atoms with E-state index in [1.54, 1.807) is 12.1 Å². The van der Waals surface area contributed by atoms with Crippen LogP contribution in [0.25, 0.3) is 0 Å². The van der Waals surface area contributed by atoms with Crippen LogP contribution in [0.1, 0.15) is 19.8 Å². The van der Waals surface area contributed by atoms with Gasteiger partial charge in [0.15, 0.2) is 9.84 Å². The van der Waals surface area contributed by atoms with E-state index in [4.69, 9.17) is 5.73 Å². The number of hydrogen-bond donors (Lipinski definition) is 1. The van der Waals surface area contributed by atoms with Gasteiger partial charge < -0.3 is 10.6 Å². The average molecular weight is 254 g/mol. The molecule has 17 heavy (non-hydrogen) atoms. The minimum absolute atomic E-state index is 0.283. The van der Waals surface area contributed by atoms with E-state index in [0.717, 1.165) is 25.1 Å². The summed E-state index contributed by atoms with van der Waals surface area (Å²) in [7, 11) is -3.18. The number of nitrogen functional groups attached to an aromatic ring is 1. The lowest BCUT2D eigenvalue weighted by molar-refractivity contribution is 0.602. The molecule has 2 rings (SSSR count). The van der Waals surface area contributed by atoms with Crippen molar-refractivity contribution in [3.05, 3.63) is 18.2 Å². The molecular weight excluding hydrogens is 236 g/mol.